The van der Waals surface area contributed by atoms with Crippen molar-refractivity contribution in [1.29, 1.82) is 5.26 Å². The first-order chi connectivity index (χ1) is 19.3. The summed E-state index contributed by atoms with van der Waals surface area (Å²) in [6.45, 7) is 3.04. The zero-order chi connectivity index (χ0) is 29.9. The van der Waals surface area contributed by atoms with E-state index in [1.54, 1.807) is 19.1 Å². The summed E-state index contributed by atoms with van der Waals surface area (Å²) in [5.41, 5.74) is 7.87. The molecule has 41 heavy (non-hydrogen) atoms. The Hall–Kier alpha value is -4.10. The number of aromatic nitrogens is 2. The van der Waals surface area contributed by atoms with Crippen LogP contribution in [0.4, 0.5) is 17.3 Å². The van der Waals surface area contributed by atoms with Crippen LogP contribution in [0.3, 0.4) is 0 Å². The second kappa shape index (κ2) is 11.8. The molecule has 4 rings (SSSR count). The number of anilines is 3. The topological polar surface area (TPSA) is 183 Å². The molecule has 0 atom stereocenters. The molecule has 0 radical (unpaired) electrons. The third-order valence-electron chi connectivity index (χ3n) is 6.61. The van der Waals surface area contributed by atoms with E-state index in [0.29, 0.717) is 36.0 Å². The molecule has 1 saturated heterocycles. The molecule has 2 aromatic carbocycles. The van der Waals surface area contributed by atoms with Gasteiger partial charge in [0.25, 0.3) is 5.91 Å². The summed E-state index contributed by atoms with van der Waals surface area (Å²) in [5.74, 6) is -0.183. The van der Waals surface area contributed by atoms with Gasteiger partial charge >= 0.3 is 0 Å². The Morgan fingerprint density at radius 1 is 1.05 bits per heavy atom. The summed E-state index contributed by atoms with van der Waals surface area (Å²) >= 11 is 0. The van der Waals surface area contributed by atoms with Gasteiger partial charge < -0.3 is 16.0 Å². The molecule has 0 unspecified atom stereocenters. The van der Waals surface area contributed by atoms with Crippen molar-refractivity contribution in [3.63, 3.8) is 0 Å². The van der Waals surface area contributed by atoms with Gasteiger partial charge in [-0.25, -0.2) is 26.8 Å². The van der Waals surface area contributed by atoms with E-state index in [-0.39, 0.29) is 41.5 Å². The van der Waals surface area contributed by atoms with E-state index in [4.69, 9.17) is 5.73 Å². The SMILES string of the molecule is Cc1cc(C#N)nc(N2CCN(S(=O)(=O)c3ccc(NC(=O)c4cc(CN)ccc4N(C)S(C)(=O)=O)cc3)CC2)n1. The van der Waals surface area contributed by atoms with Crippen LogP contribution < -0.4 is 20.3 Å². The van der Waals surface area contributed by atoms with E-state index < -0.39 is 26.0 Å². The van der Waals surface area contributed by atoms with Crippen molar-refractivity contribution in [3.05, 3.63) is 71.0 Å². The zero-order valence-corrected chi connectivity index (χ0v) is 24.4. The van der Waals surface area contributed by atoms with Crippen LogP contribution >= 0.6 is 0 Å². The fourth-order valence-corrected chi connectivity index (χ4v) is 6.22. The van der Waals surface area contributed by atoms with Crippen LogP contribution in [0.15, 0.2) is 53.4 Å². The first-order valence-electron chi connectivity index (χ1n) is 12.5. The van der Waals surface area contributed by atoms with Gasteiger partial charge in [0.2, 0.25) is 26.0 Å². The van der Waals surface area contributed by atoms with Gasteiger partial charge in [0.1, 0.15) is 11.8 Å². The van der Waals surface area contributed by atoms with E-state index in [0.717, 1.165) is 10.6 Å². The Labute approximate surface area is 239 Å². The maximum Gasteiger partial charge on any atom is 0.257 e. The number of nitrogens with zero attached hydrogens (tertiary/aromatic N) is 6. The van der Waals surface area contributed by atoms with Crippen LogP contribution in [0.5, 0.6) is 0 Å². The van der Waals surface area contributed by atoms with Crippen molar-refractivity contribution in [2.75, 3.05) is 54.0 Å². The Bertz CT molecular complexity index is 1710. The van der Waals surface area contributed by atoms with Gasteiger partial charge in [0.05, 0.1) is 22.4 Å². The highest BCUT2D eigenvalue weighted by Gasteiger charge is 2.30. The molecular formula is C26H30N8O5S2. The highest BCUT2D eigenvalue weighted by Crippen LogP contribution is 2.26. The molecule has 1 fully saturated rings. The minimum Gasteiger partial charge on any atom is -0.338 e. The van der Waals surface area contributed by atoms with E-state index in [1.165, 1.54) is 47.8 Å². The Kier molecular flexibility index (Phi) is 8.59. The number of nitriles is 1. The standard InChI is InChI=1S/C26H30N8O5S2/c1-18-14-21(17-28)31-26(29-18)33-10-12-34(13-11-33)41(38,39)22-7-5-20(6-8-22)30-25(35)23-15-19(16-27)4-9-24(23)32(2)40(3,36)37/h4-9,14-15H,10-13,16,27H2,1-3H3,(H,30,35). The van der Waals surface area contributed by atoms with Crippen molar-refractivity contribution in [1.82, 2.24) is 14.3 Å². The second-order valence-electron chi connectivity index (χ2n) is 9.46. The highest BCUT2D eigenvalue weighted by molar-refractivity contribution is 7.92. The van der Waals surface area contributed by atoms with Gasteiger partial charge in [-0.05, 0) is 55.0 Å². The molecule has 1 aliphatic rings. The van der Waals surface area contributed by atoms with Gasteiger partial charge in [-0.15, -0.1) is 0 Å². The lowest BCUT2D eigenvalue weighted by atomic mass is 10.1. The Balaban J connectivity index is 1.47. The molecule has 0 bridgehead atoms. The lowest BCUT2D eigenvalue weighted by Gasteiger charge is -2.34. The Morgan fingerprint density at radius 3 is 2.29 bits per heavy atom. The fourth-order valence-electron chi connectivity index (χ4n) is 4.28. The van der Waals surface area contributed by atoms with Gasteiger partial charge in [0.15, 0.2) is 0 Å². The highest BCUT2D eigenvalue weighted by atomic mass is 32.2. The van der Waals surface area contributed by atoms with Crippen molar-refractivity contribution < 1.29 is 21.6 Å². The number of amides is 1. The largest absolute Gasteiger partial charge is 0.338 e. The van der Waals surface area contributed by atoms with E-state index >= 15 is 0 Å². The van der Waals surface area contributed by atoms with Crippen molar-refractivity contribution in [2.45, 2.75) is 18.4 Å². The van der Waals surface area contributed by atoms with E-state index in [9.17, 15) is 26.9 Å². The number of hydrogen-bond donors (Lipinski definition) is 2. The van der Waals surface area contributed by atoms with Gasteiger partial charge in [0, 0.05) is 51.2 Å². The predicted octanol–water partition coefficient (Wildman–Crippen LogP) is 1.27. The summed E-state index contributed by atoms with van der Waals surface area (Å²) in [7, 11) is -6.10. The normalized spacial score (nSPS) is 14.4. The van der Waals surface area contributed by atoms with Crippen LogP contribution in [0.1, 0.15) is 27.3 Å². The molecule has 216 valence electrons. The minimum atomic E-state index is -3.82. The summed E-state index contributed by atoms with van der Waals surface area (Å²) in [6, 6.07) is 14.0. The lowest BCUT2D eigenvalue weighted by Crippen LogP contribution is -2.49. The van der Waals surface area contributed by atoms with Crippen LogP contribution in [-0.4, -0.2) is 76.5 Å². The third kappa shape index (κ3) is 6.63. The number of benzene rings is 2. The molecule has 0 spiro atoms. The lowest BCUT2D eigenvalue weighted by molar-refractivity contribution is 0.102. The van der Waals surface area contributed by atoms with Crippen LogP contribution in [-0.2, 0) is 26.6 Å². The number of piperazine rings is 1. The zero-order valence-electron chi connectivity index (χ0n) is 22.8. The summed E-state index contributed by atoms with van der Waals surface area (Å²) in [6.07, 6.45) is 1.03. The van der Waals surface area contributed by atoms with Gasteiger partial charge in [-0.1, -0.05) is 6.07 Å². The molecular weight excluding hydrogens is 568 g/mol. The molecule has 2 heterocycles. The van der Waals surface area contributed by atoms with Gasteiger partial charge in [-0.2, -0.15) is 9.57 Å². The average Bonchev–Trinajstić information content (AvgIpc) is 2.96. The number of rotatable bonds is 8. The molecule has 15 heteroatoms. The number of aryl methyl sites for hydroxylation is 1. The predicted molar refractivity (Wildman–Crippen MR) is 154 cm³/mol. The molecule has 0 saturated carbocycles. The van der Waals surface area contributed by atoms with E-state index in [2.05, 4.69) is 15.3 Å². The number of carbonyl (C=O) groups excluding carboxylic acids is 1. The van der Waals surface area contributed by atoms with Crippen molar-refractivity contribution in [2.24, 2.45) is 5.73 Å². The van der Waals surface area contributed by atoms with Crippen molar-refractivity contribution >= 4 is 43.3 Å². The maximum absolute atomic E-state index is 13.3. The number of hydrogen-bond acceptors (Lipinski definition) is 10. The molecule has 3 N–H and O–H groups in total. The molecule has 1 aliphatic heterocycles. The fraction of sp³-hybridized carbons (Fsp3) is 0.308. The number of carbonyl (C=O) groups is 1. The van der Waals surface area contributed by atoms with Crippen LogP contribution in [0.2, 0.25) is 0 Å². The summed E-state index contributed by atoms with van der Waals surface area (Å²) in [5, 5.41) is 11.9. The summed E-state index contributed by atoms with van der Waals surface area (Å²) in [4.78, 5) is 23.6. The minimum absolute atomic E-state index is 0.0603. The maximum atomic E-state index is 13.3. The summed E-state index contributed by atoms with van der Waals surface area (Å²) < 4.78 is 53.2. The molecule has 1 amide bonds. The number of sulfonamides is 2. The van der Waals surface area contributed by atoms with E-state index in [1.807, 2.05) is 11.0 Å². The second-order valence-corrected chi connectivity index (χ2v) is 13.4. The quantitative estimate of drug-likeness (QED) is 0.383. The molecule has 1 aromatic heterocycles. The number of nitrogens with two attached hydrogens (primary N) is 1. The monoisotopic (exact) mass is 598 g/mol. The first kappa shape index (κ1) is 29.9. The Morgan fingerprint density at radius 2 is 1.71 bits per heavy atom. The molecule has 13 nitrogen and oxygen atoms in total. The molecule has 0 aliphatic carbocycles. The average molecular weight is 599 g/mol. The van der Waals surface area contributed by atoms with Gasteiger partial charge in [-0.3, -0.25) is 9.10 Å². The number of nitrogens with one attached hydrogen (secondary N) is 1. The molecule has 3 aromatic rings. The van der Waals surface area contributed by atoms with Crippen molar-refractivity contribution in [3.8, 4) is 6.07 Å². The third-order valence-corrected chi connectivity index (χ3v) is 9.71. The van der Waals surface area contributed by atoms with Crippen LogP contribution in [0, 0.1) is 18.3 Å². The van der Waals surface area contributed by atoms with Crippen LogP contribution in [0.25, 0.3) is 0 Å². The smallest absolute Gasteiger partial charge is 0.257 e. The first-order valence-corrected chi connectivity index (χ1v) is 15.8.